The normalized spacial score (nSPS) is 14.9. The molecule has 0 unspecified atom stereocenters. The lowest BCUT2D eigenvalue weighted by atomic mass is 10.0. The van der Waals surface area contributed by atoms with Crippen molar-refractivity contribution in [2.45, 2.75) is 13.8 Å². The molecular weight excluding hydrogens is 178 g/mol. The van der Waals surface area contributed by atoms with Crippen LogP contribution in [-0.4, -0.2) is 23.8 Å². The molecule has 3 nitrogen and oxygen atoms in total. The fourth-order valence-electron chi connectivity index (χ4n) is 1.86. The van der Waals surface area contributed by atoms with Crippen LogP contribution < -0.4 is 0 Å². The molecule has 72 valence electrons. The van der Waals surface area contributed by atoms with Gasteiger partial charge in [-0.25, -0.2) is 0 Å². The monoisotopic (exact) mass is 189 g/mol. The molecule has 1 aliphatic heterocycles. The van der Waals surface area contributed by atoms with E-state index in [4.69, 9.17) is 0 Å². The van der Waals surface area contributed by atoms with Crippen LogP contribution in [0.2, 0.25) is 0 Å². The predicted octanol–water partition coefficient (Wildman–Crippen LogP) is 1.53. The number of hydrogen-bond donors (Lipinski definition) is 0. The maximum Gasteiger partial charge on any atom is 0.261 e. The van der Waals surface area contributed by atoms with Gasteiger partial charge >= 0.3 is 0 Å². The molecule has 0 radical (unpaired) electrons. The van der Waals surface area contributed by atoms with Crippen LogP contribution in [0.1, 0.15) is 31.8 Å². The minimum absolute atomic E-state index is 0.192. The van der Waals surface area contributed by atoms with E-state index in [1.165, 1.54) is 7.05 Å². The number of carbonyl (C=O) groups is 2. The lowest BCUT2D eigenvalue weighted by molar-refractivity contribution is 0.0693. The van der Waals surface area contributed by atoms with Crippen LogP contribution >= 0.6 is 0 Å². The molecule has 3 heteroatoms. The first-order valence-electron chi connectivity index (χ1n) is 4.46. The molecule has 1 heterocycles. The number of aryl methyl sites for hydroxylation is 2. The number of carbonyl (C=O) groups excluding carboxylic acids is 2. The van der Waals surface area contributed by atoms with Gasteiger partial charge in [0, 0.05) is 7.05 Å². The van der Waals surface area contributed by atoms with Gasteiger partial charge in [0.25, 0.3) is 11.8 Å². The lowest BCUT2D eigenvalue weighted by Crippen LogP contribution is -2.24. The molecule has 1 aliphatic rings. The summed E-state index contributed by atoms with van der Waals surface area (Å²) in [5.41, 5.74) is 2.98. The minimum atomic E-state index is -0.197. The largest absolute Gasteiger partial charge is 0.277 e. The van der Waals surface area contributed by atoms with Gasteiger partial charge < -0.3 is 0 Å². The summed E-state index contributed by atoms with van der Waals surface area (Å²) < 4.78 is 0. The summed E-state index contributed by atoms with van der Waals surface area (Å²) in [4.78, 5) is 24.4. The maximum absolute atomic E-state index is 11.6. The van der Waals surface area contributed by atoms with Crippen LogP contribution in [0.25, 0.3) is 0 Å². The fourth-order valence-corrected chi connectivity index (χ4v) is 1.86. The van der Waals surface area contributed by atoms with E-state index in [2.05, 4.69) is 0 Å². The van der Waals surface area contributed by atoms with Gasteiger partial charge in [0.2, 0.25) is 0 Å². The van der Waals surface area contributed by atoms with Gasteiger partial charge in [-0.05, 0) is 25.5 Å². The van der Waals surface area contributed by atoms with Gasteiger partial charge in [-0.1, -0.05) is 11.6 Å². The summed E-state index contributed by atoms with van der Waals surface area (Å²) in [5, 5.41) is 0. The van der Waals surface area contributed by atoms with Crippen LogP contribution in [0.4, 0.5) is 0 Å². The molecule has 0 fully saturated rings. The zero-order chi connectivity index (χ0) is 10.5. The molecule has 1 aromatic rings. The third-order valence-corrected chi connectivity index (χ3v) is 2.53. The van der Waals surface area contributed by atoms with Crippen molar-refractivity contribution in [3.8, 4) is 0 Å². The number of fused-ring (bicyclic) bond motifs is 1. The molecule has 0 spiro atoms. The second-order valence-corrected chi connectivity index (χ2v) is 3.67. The number of amides is 2. The van der Waals surface area contributed by atoms with Crippen LogP contribution in [-0.2, 0) is 0 Å². The summed E-state index contributed by atoms with van der Waals surface area (Å²) in [5.74, 6) is -0.390. The van der Waals surface area contributed by atoms with Gasteiger partial charge in [-0.15, -0.1) is 0 Å². The Bertz CT molecular complexity index is 449. The van der Waals surface area contributed by atoms with E-state index < -0.39 is 0 Å². The van der Waals surface area contributed by atoms with Crippen molar-refractivity contribution in [1.82, 2.24) is 4.90 Å². The Kier molecular flexibility index (Phi) is 1.71. The van der Waals surface area contributed by atoms with Crippen LogP contribution in [0, 0.1) is 13.8 Å². The Labute approximate surface area is 82.3 Å². The van der Waals surface area contributed by atoms with Gasteiger partial charge in [-0.3, -0.25) is 14.5 Å². The van der Waals surface area contributed by atoms with Crippen molar-refractivity contribution in [3.05, 3.63) is 34.4 Å². The number of nitrogens with zero attached hydrogens (tertiary/aromatic N) is 1. The molecule has 0 aromatic heterocycles. The lowest BCUT2D eigenvalue weighted by Gasteiger charge is -2.03. The first kappa shape index (κ1) is 8.94. The second kappa shape index (κ2) is 2.67. The third kappa shape index (κ3) is 0.985. The predicted molar refractivity (Wildman–Crippen MR) is 52.3 cm³/mol. The Morgan fingerprint density at radius 2 is 1.71 bits per heavy atom. The topological polar surface area (TPSA) is 37.4 Å². The maximum atomic E-state index is 11.6. The summed E-state index contributed by atoms with van der Waals surface area (Å²) in [6.07, 6.45) is 0. The molecule has 0 bridgehead atoms. The zero-order valence-electron chi connectivity index (χ0n) is 8.42. The number of hydrogen-bond acceptors (Lipinski definition) is 2. The van der Waals surface area contributed by atoms with E-state index in [-0.39, 0.29) is 11.8 Å². The molecule has 1 aromatic carbocycles. The van der Waals surface area contributed by atoms with Crippen molar-refractivity contribution < 1.29 is 9.59 Å². The Morgan fingerprint density at radius 1 is 1.07 bits per heavy atom. The molecule has 0 N–H and O–H groups in total. The average molecular weight is 189 g/mol. The van der Waals surface area contributed by atoms with E-state index in [0.29, 0.717) is 11.1 Å². The van der Waals surface area contributed by atoms with Gasteiger partial charge in [0.1, 0.15) is 0 Å². The molecule has 0 aliphatic carbocycles. The zero-order valence-corrected chi connectivity index (χ0v) is 8.42. The van der Waals surface area contributed by atoms with E-state index in [0.717, 1.165) is 16.0 Å². The molecular formula is C11H11NO2. The molecule has 14 heavy (non-hydrogen) atoms. The summed E-state index contributed by atoms with van der Waals surface area (Å²) in [6, 6.07) is 3.69. The van der Waals surface area contributed by atoms with Gasteiger partial charge in [0.05, 0.1) is 11.1 Å². The molecule has 2 rings (SSSR count). The van der Waals surface area contributed by atoms with Gasteiger partial charge in [0.15, 0.2) is 0 Å². The van der Waals surface area contributed by atoms with Gasteiger partial charge in [-0.2, -0.15) is 0 Å². The van der Waals surface area contributed by atoms with E-state index >= 15 is 0 Å². The highest BCUT2D eigenvalue weighted by molar-refractivity contribution is 6.21. The third-order valence-electron chi connectivity index (χ3n) is 2.53. The molecule has 0 atom stereocenters. The Hall–Kier alpha value is -1.64. The quantitative estimate of drug-likeness (QED) is 0.580. The highest BCUT2D eigenvalue weighted by Crippen LogP contribution is 2.25. The number of rotatable bonds is 0. The fraction of sp³-hybridized carbons (Fsp3) is 0.273. The molecule has 0 saturated heterocycles. The summed E-state index contributed by atoms with van der Waals surface area (Å²) >= 11 is 0. The first-order chi connectivity index (χ1) is 6.52. The van der Waals surface area contributed by atoms with Crippen molar-refractivity contribution in [2.24, 2.45) is 0 Å². The van der Waals surface area contributed by atoms with Crippen molar-refractivity contribution in [2.75, 3.05) is 7.05 Å². The highest BCUT2D eigenvalue weighted by Gasteiger charge is 2.33. The Morgan fingerprint density at radius 3 is 2.36 bits per heavy atom. The van der Waals surface area contributed by atoms with Crippen molar-refractivity contribution in [3.63, 3.8) is 0 Å². The number of imide groups is 1. The Balaban J connectivity index is 2.76. The molecule has 0 saturated carbocycles. The van der Waals surface area contributed by atoms with E-state index in [1.54, 1.807) is 6.07 Å². The highest BCUT2D eigenvalue weighted by atomic mass is 16.2. The smallest absolute Gasteiger partial charge is 0.261 e. The number of benzene rings is 1. The second-order valence-electron chi connectivity index (χ2n) is 3.67. The SMILES string of the molecule is Cc1cc(C)c2c(c1)C(=O)N(C)C2=O. The standard InChI is InChI=1S/C11H11NO2/c1-6-4-7(2)9-8(5-6)10(13)12(3)11(9)14/h4-5H,1-3H3. The van der Waals surface area contributed by atoms with Crippen LogP contribution in [0.3, 0.4) is 0 Å². The van der Waals surface area contributed by atoms with Crippen molar-refractivity contribution in [1.29, 1.82) is 0 Å². The van der Waals surface area contributed by atoms with Crippen molar-refractivity contribution >= 4 is 11.8 Å². The van der Waals surface area contributed by atoms with E-state index in [9.17, 15) is 9.59 Å². The summed E-state index contributed by atoms with van der Waals surface area (Å²) in [6.45, 7) is 3.78. The van der Waals surface area contributed by atoms with Crippen LogP contribution in [0.5, 0.6) is 0 Å². The first-order valence-corrected chi connectivity index (χ1v) is 4.46. The van der Waals surface area contributed by atoms with E-state index in [1.807, 2.05) is 19.9 Å². The van der Waals surface area contributed by atoms with Crippen LogP contribution in [0.15, 0.2) is 12.1 Å². The average Bonchev–Trinajstić information content (AvgIpc) is 2.31. The minimum Gasteiger partial charge on any atom is -0.277 e. The molecule has 2 amide bonds. The summed E-state index contributed by atoms with van der Waals surface area (Å²) in [7, 11) is 1.51.